The van der Waals surface area contributed by atoms with E-state index in [1.807, 2.05) is 6.08 Å². The summed E-state index contributed by atoms with van der Waals surface area (Å²) in [6, 6.07) is 23.6. The minimum absolute atomic E-state index is 0.932. The first-order valence-electron chi connectivity index (χ1n) is 7.55. The topological polar surface area (TPSA) is 15.8 Å². The summed E-state index contributed by atoms with van der Waals surface area (Å²) in [7, 11) is 0. The minimum atomic E-state index is 0.932. The zero-order chi connectivity index (χ0) is 14.9. The van der Waals surface area contributed by atoms with Crippen molar-refractivity contribution in [3.05, 3.63) is 90.0 Å². The summed E-state index contributed by atoms with van der Waals surface area (Å²) >= 11 is 0. The lowest BCUT2D eigenvalue weighted by Crippen LogP contribution is -1.89. The van der Waals surface area contributed by atoms with Crippen molar-refractivity contribution in [3.63, 3.8) is 0 Å². The van der Waals surface area contributed by atoms with Crippen molar-refractivity contribution in [2.24, 2.45) is 0 Å². The molecule has 0 bridgehead atoms. The van der Waals surface area contributed by atoms with Crippen LogP contribution in [0.4, 0.5) is 0 Å². The highest BCUT2D eigenvalue weighted by Crippen LogP contribution is 2.28. The van der Waals surface area contributed by atoms with Gasteiger partial charge in [-0.1, -0.05) is 73.3 Å². The van der Waals surface area contributed by atoms with Crippen LogP contribution in [0.25, 0.3) is 27.9 Å². The van der Waals surface area contributed by atoms with Gasteiger partial charge in [-0.15, -0.1) is 0 Å². The summed E-state index contributed by atoms with van der Waals surface area (Å²) < 4.78 is 0. The third-order valence-corrected chi connectivity index (χ3v) is 4.24. The molecular formula is C21H17N. The van der Waals surface area contributed by atoms with Crippen LogP contribution in [0.15, 0.2) is 73.3 Å². The molecule has 0 saturated carbocycles. The van der Waals surface area contributed by atoms with Gasteiger partial charge in [0.2, 0.25) is 0 Å². The molecule has 0 aliphatic heterocycles. The number of hydrogen-bond acceptors (Lipinski definition) is 0. The Morgan fingerprint density at radius 2 is 1.59 bits per heavy atom. The fraction of sp³-hybridized carbons (Fsp3) is 0.0476. The highest BCUT2D eigenvalue weighted by atomic mass is 14.7. The van der Waals surface area contributed by atoms with Gasteiger partial charge in [0, 0.05) is 16.3 Å². The third kappa shape index (κ3) is 2.11. The Hall–Kier alpha value is -2.80. The molecule has 0 spiro atoms. The SMILES string of the molecule is C=Cc1ccc(Cc2cccc3c2[nH]c2ccccc23)cc1. The number of fused-ring (bicyclic) bond motifs is 3. The van der Waals surface area contributed by atoms with E-state index in [1.54, 1.807) is 0 Å². The lowest BCUT2D eigenvalue weighted by Gasteiger charge is -2.04. The Labute approximate surface area is 129 Å². The summed E-state index contributed by atoms with van der Waals surface area (Å²) in [6.07, 6.45) is 2.81. The van der Waals surface area contributed by atoms with Gasteiger partial charge in [0.25, 0.3) is 0 Å². The van der Waals surface area contributed by atoms with Crippen molar-refractivity contribution in [3.8, 4) is 0 Å². The van der Waals surface area contributed by atoms with Crippen LogP contribution in [-0.4, -0.2) is 4.98 Å². The monoisotopic (exact) mass is 283 g/mol. The number of H-pyrrole nitrogens is 1. The molecule has 0 fully saturated rings. The molecule has 0 aliphatic rings. The molecule has 4 rings (SSSR count). The molecular weight excluding hydrogens is 266 g/mol. The largest absolute Gasteiger partial charge is 0.354 e. The first-order chi connectivity index (χ1) is 10.8. The Kier molecular flexibility index (Phi) is 3.05. The lowest BCUT2D eigenvalue weighted by molar-refractivity contribution is 1.20. The van der Waals surface area contributed by atoms with Crippen LogP contribution in [0.2, 0.25) is 0 Å². The van der Waals surface area contributed by atoms with Crippen LogP contribution in [0.5, 0.6) is 0 Å². The third-order valence-electron chi connectivity index (χ3n) is 4.24. The van der Waals surface area contributed by atoms with Crippen LogP contribution in [0.3, 0.4) is 0 Å². The van der Waals surface area contributed by atoms with Crippen LogP contribution in [0, 0.1) is 0 Å². The van der Waals surface area contributed by atoms with Crippen LogP contribution in [-0.2, 0) is 6.42 Å². The standard InChI is InChI=1S/C21H17N/c1-2-15-10-12-16(13-11-15)14-17-6-5-8-19-18-7-3-4-9-20(18)22-21(17)19/h2-13,22H,1,14H2. The van der Waals surface area contributed by atoms with Gasteiger partial charge < -0.3 is 4.98 Å². The van der Waals surface area contributed by atoms with E-state index < -0.39 is 0 Å². The fourth-order valence-corrected chi connectivity index (χ4v) is 3.07. The average Bonchev–Trinajstić information content (AvgIpc) is 2.95. The van der Waals surface area contributed by atoms with E-state index in [0.29, 0.717) is 0 Å². The molecule has 1 heteroatoms. The molecule has 1 aromatic heterocycles. The molecule has 1 N–H and O–H groups in total. The van der Waals surface area contributed by atoms with Gasteiger partial charge >= 0.3 is 0 Å². The van der Waals surface area contributed by atoms with Gasteiger partial charge in [-0.2, -0.15) is 0 Å². The summed E-state index contributed by atoms with van der Waals surface area (Å²) in [5.41, 5.74) is 6.26. The van der Waals surface area contributed by atoms with Crippen molar-refractivity contribution >= 4 is 27.9 Å². The maximum atomic E-state index is 3.80. The van der Waals surface area contributed by atoms with E-state index in [-0.39, 0.29) is 0 Å². The number of hydrogen-bond donors (Lipinski definition) is 1. The van der Waals surface area contributed by atoms with Crippen molar-refractivity contribution in [2.75, 3.05) is 0 Å². The molecule has 0 unspecified atom stereocenters. The first-order valence-corrected chi connectivity index (χ1v) is 7.55. The Morgan fingerprint density at radius 1 is 0.818 bits per heavy atom. The lowest BCUT2D eigenvalue weighted by atomic mass is 10.0. The summed E-state index contributed by atoms with van der Waals surface area (Å²) in [4.78, 5) is 3.57. The molecule has 1 nitrogen and oxygen atoms in total. The molecule has 0 aliphatic carbocycles. The van der Waals surface area contributed by atoms with Crippen LogP contribution < -0.4 is 0 Å². The van der Waals surface area contributed by atoms with Crippen LogP contribution in [0.1, 0.15) is 16.7 Å². The first kappa shape index (κ1) is 12.9. The predicted octanol–water partition coefficient (Wildman–Crippen LogP) is 5.55. The minimum Gasteiger partial charge on any atom is -0.354 e. The van der Waals surface area contributed by atoms with Gasteiger partial charge in [0.1, 0.15) is 0 Å². The normalized spacial score (nSPS) is 11.1. The van der Waals surface area contributed by atoms with E-state index in [0.717, 1.165) is 12.0 Å². The number of benzene rings is 3. The van der Waals surface area contributed by atoms with Gasteiger partial charge in [-0.05, 0) is 29.2 Å². The smallest absolute Gasteiger partial charge is 0.0500 e. The van der Waals surface area contributed by atoms with Crippen molar-refractivity contribution in [1.29, 1.82) is 0 Å². The second kappa shape index (κ2) is 5.19. The predicted molar refractivity (Wildman–Crippen MR) is 95.1 cm³/mol. The number of aromatic amines is 1. The van der Waals surface area contributed by atoms with Crippen LogP contribution >= 0.6 is 0 Å². The zero-order valence-corrected chi connectivity index (χ0v) is 12.3. The van der Waals surface area contributed by atoms with Gasteiger partial charge in [-0.3, -0.25) is 0 Å². The zero-order valence-electron chi connectivity index (χ0n) is 12.3. The summed E-state index contributed by atoms with van der Waals surface area (Å²) in [5, 5.41) is 2.59. The molecule has 0 saturated heterocycles. The highest BCUT2D eigenvalue weighted by Gasteiger charge is 2.07. The molecule has 3 aromatic carbocycles. The number of nitrogens with one attached hydrogen (secondary N) is 1. The molecule has 0 radical (unpaired) electrons. The number of aromatic nitrogens is 1. The molecule has 106 valence electrons. The van der Waals surface area contributed by atoms with Gasteiger partial charge in [0.15, 0.2) is 0 Å². The Morgan fingerprint density at radius 3 is 2.41 bits per heavy atom. The van der Waals surface area contributed by atoms with Crippen molar-refractivity contribution in [2.45, 2.75) is 6.42 Å². The number of para-hydroxylation sites is 2. The molecule has 1 heterocycles. The van der Waals surface area contributed by atoms with E-state index in [9.17, 15) is 0 Å². The van der Waals surface area contributed by atoms with Crippen molar-refractivity contribution in [1.82, 2.24) is 4.98 Å². The Balaban J connectivity index is 1.82. The Bertz CT molecular complexity index is 958. The average molecular weight is 283 g/mol. The summed E-state index contributed by atoms with van der Waals surface area (Å²) in [6.45, 7) is 3.80. The second-order valence-electron chi connectivity index (χ2n) is 5.63. The highest BCUT2D eigenvalue weighted by molar-refractivity contribution is 6.08. The quantitative estimate of drug-likeness (QED) is 0.507. The molecule has 0 atom stereocenters. The molecule has 0 amide bonds. The van der Waals surface area contributed by atoms with Gasteiger partial charge in [0.05, 0.1) is 5.52 Å². The van der Waals surface area contributed by atoms with Crippen molar-refractivity contribution < 1.29 is 0 Å². The van der Waals surface area contributed by atoms with E-state index in [1.165, 1.54) is 32.9 Å². The van der Waals surface area contributed by atoms with E-state index >= 15 is 0 Å². The van der Waals surface area contributed by atoms with E-state index in [4.69, 9.17) is 0 Å². The second-order valence-corrected chi connectivity index (χ2v) is 5.63. The van der Waals surface area contributed by atoms with Gasteiger partial charge in [-0.25, -0.2) is 0 Å². The fourth-order valence-electron chi connectivity index (χ4n) is 3.07. The number of rotatable bonds is 3. The molecule has 4 aromatic rings. The summed E-state index contributed by atoms with van der Waals surface area (Å²) in [5.74, 6) is 0. The maximum Gasteiger partial charge on any atom is 0.0500 e. The van der Waals surface area contributed by atoms with E-state index in [2.05, 4.69) is 78.3 Å². The molecule has 22 heavy (non-hydrogen) atoms. The maximum absolute atomic E-state index is 3.80.